The molecule has 0 radical (unpaired) electrons. The van der Waals surface area contributed by atoms with E-state index in [0.717, 1.165) is 0 Å². The average molecular weight is 311 g/mol. The van der Waals surface area contributed by atoms with Gasteiger partial charge in [-0.2, -0.15) is 0 Å². The number of aliphatic imine (C=N–C) groups is 2. The summed E-state index contributed by atoms with van der Waals surface area (Å²) in [4.78, 5) is 32.3. The van der Waals surface area contributed by atoms with Gasteiger partial charge >= 0.3 is 0 Å². The maximum absolute atomic E-state index is 12.4. The topological polar surface area (TPSA) is 118 Å². The summed E-state index contributed by atoms with van der Waals surface area (Å²) in [7, 11) is 0. The molecule has 0 saturated heterocycles. The van der Waals surface area contributed by atoms with E-state index in [0.29, 0.717) is 5.76 Å². The maximum Gasteiger partial charge on any atom is 0.220 e. The first-order valence-electron chi connectivity index (χ1n) is 6.78. The monoisotopic (exact) mass is 311 g/mol. The van der Waals surface area contributed by atoms with Crippen molar-refractivity contribution >= 4 is 34.5 Å². The Morgan fingerprint density at radius 2 is 2.04 bits per heavy atom. The van der Waals surface area contributed by atoms with Crippen LogP contribution in [0.4, 0.5) is 0 Å². The minimum Gasteiger partial charge on any atom is -0.508 e. The van der Waals surface area contributed by atoms with Crippen LogP contribution in [-0.2, 0) is 4.79 Å². The van der Waals surface area contributed by atoms with E-state index in [-0.39, 0.29) is 50.7 Å². The van der Waals surface area contributed by atoms with Crippen LogP contribution in [0.25, 0.3) is 16.5 Å². The van der Waals surface area contributed by atoms with Gasteiger partial charge in [0.1, 0.15) is 17.1 Å². The molecule has 0 fully saturated rings. The van der Waals surface area contributed by atoms with Crippen LogP contribution in [0.2, 0.25) is 0 Å². The van der Waals surface area contributed by atoms with Gasteiger partial charge in [0.2, 0.25) is 5.96 Å². The van der Waals surface area contributed by atoms with E-state index in [1.807, 2.05) is 0 Å². The number of Topliss-reactive ketones (excluding diaryl/α,β-unsaturated/α-hetero) is 1. The summed E-state index contributed by atoms with van der Waals surface area (Å²) in [6.45, 7) is 2.97. The van der Waals surface area contributed by atoms with Crippen LogP contribution in [0, 0.1) is 6.92 Å². The number of allylic oxidation sites excluding steroid dienone is 2. The van der Waals surface area contributed by atoms with Crippen molar-refractivity contribution in [3.8, 4) is 5.75 Å². The van der Waals surface area contributed by atoms with Gasteiger partial charge in [-0.1, -0.05) is 0 Å². The second-order valence-corrected chi connectivity index (χ2v) is 5.13. The molecule has 0 spiro atoms. The molecule has 1 aliphatic rings. The van der Waals surface area contributed by atoms with Crippen LogP contribution in [0.15, 0.2) is 43.1 Å². The van der Waals surface area contributed by atoms with E-state index in [9.17, 15) is 14.7 Å². The molecular formula is C16H13N3O4. The predicted molar refractivity (Wildman–Crippen MR) is 86.6 cm³/mol. The van der Waals surface area contributed by atoms with Crippen LogP contribution in [0.1, 0.15) is 18.2 Å². The third kappa shape index (κ3) is 2.52. The zero-order chi connectivity index (χ0) is 16.7. The predicted octanol–water partition coefficient (Wildman–Crippen LogP) is 1.51. The van der Waals surface area contributed by atoms with Crippen LogP contribution >= 0.6 is 0 Å². The van der Waals surface area contributed by atoms with Crippen molar-refractivity contribution < 1.29 is 14.3 Å². The highest BCUT2D eigenvalue weighted by molar-refractivity contribution is 6.28. The Hall–Kier alpha value is -3.22. The van der Waals surface area contributed by atoms with Gasteiger partial charge in [-0.05, 0) is 19.9 Å². The van der Waals surface area contributed by atoms with E-state index in [4.69, 9.17) is 10.2 Å². The van der Waals surface area contributed by atoms with Gasteiger partial charge in [0.05, 0.1) is 22.9 Å². The van der Waals surface area contributed by atoms with Crippen molar-refractivity contribution in [2.45, 2.75) is 13.8 Å². The van der Waals surface area contributed by atoms with Crippen molar-refractivity contribution in [1.29, 1.82) is 0 Å². The summed E-state index contributed by atoms with van der Waals surface area (Å²) >= 11 is 0. The number of hydrogen-bond donors (Lipinski definition) is 2. The number of guanidine groups is 1. The number of carbonyl (C=O) groups excluding carboxylic acids is 1. The van der Waals surface area contributed by atoms with Crippen molar-refractivity contribution in [1.82, 2.24) is 0 Å². The van der Waals surface area contributed by atoms with Gasteiger partial charge in [0.15, 0.2) is 11.2 Å². The Morgan fingerprint density at radius 1 is 1.30 bits per heavy atom. The SMILES string of the molecule is CC(=O)C(=C1C=NC(N)=N1)c1cc(O)cc2oc(C)cc(=O)c12. The molecule has 0 atom stereocenters. The molecule has 0 bridgehead atoms. The molecular weight excluding hydrogens is 298 g/mol. The van der Waals surface area contributed by atoms with Gasteiger partial charge in [-0.3, -0.25) is 9.59 Å². The highest BCUT2D eigenvalue weighted by Crippen LogP contribution is 2.31. The average Bonchev–Trinajstić information content (AvgIpc) is 2.83. The Balaban J connectivity index is 2.46. The van der Waals surface area contributed by atoms with Gasteiger partial charge in [-0.25, -0.2) is 9.98 Å². The van der Waals surface area contributed by atoms with Gasteiger partial charge in [0, 0.05) is 17.7 Å². The number of phenolic OH excluding ortho intramolecular Hbond substituents is 1. The summed E-state index contributed by atoms with van der Waals surface area (Å²) in [5.74, 6) is -0.0453. The molecule has 1 aromatic carbocycles. The number of aromatic hydroxyl groups is 1. The smallest absolute Gasteiger partial charge is 0.220 e. The molecule has 2 heterocycles. The highest BCUT2D eigenvalue weighted by atomic mass is 16.3. The van der Waals surface area contributed by atoms with E-state index < -0.39 is 0 Å². The van der Waals surface area contributed by atoms with Crippen LogP contribution in [-0.4, -0.2) is 23.1 Å². The van der Waals surface area contributed by atoms with E-state index in [1.54, 1.807) is 6.92 Å². The summed E-state index contributed by atoms with van der Waals surface area (Å²) in [5, 5.41) is 10.1. The third-order valence-electron chi connectivity index (χ3n) is 3.37. The number of ketones is 1. The van der Waals surface area contributed by atoms with Gasteiger partial charge in [-0.15, -0.1) is 0 Å². The number of benzene rings is 1. The van der Waals surface area contributed by atoms with E-state index >= 15 is 0 Å². The molecule has 0 amide bonds. The summed E-state index contributed by atoms with van der Waals surface area (Å²) in [6, 6.07) is 3.98. The minimum absolute atomic E-state index is 0.0195. The molecule has 3 N–H and O–H groups in total. The molecule has 1 aliphatic heterocycles. The maximum atomic E-state index is 12.4. The highest BCUT2D eigenvalue weighted by Gasteiger charge is 2.21. The first kappa shape index (κ1) is 14.7. The number of phenols is 1. The van der Waals surface area contributed by atoms with Gasteiger partial charge in [0.25, 0.3) is 0 Å². The van der Waals surface area contributed by atoms with Crippen LogP contribution in [0.5, 0.6) is 5.75 Å². The second kappa shape index (κ2) is 5.20. The third-order valence-corrected chi connectivity index (χ3v) is 3.37. The van der Waals surface area contributed by atoms with E-state index in [1.165, 1.54) is 31.3 Å². The lowest BCUT2D eigenvalue weighted by Crippen LogP contribution is -2.08. The normalized spacial score (nSPS) is 15.8. The molecule has 116 valence electrons. The number of carbonyl (C=O) groups is 1. The molecule has 7 heteroatoms. The molecule has 1 aromatic heterocycles. The van der Waals surface area contributed by atoms with Crippen molar-refractivity contribution in [3.05, 3.63) is 45.4 Å². The summed E-state index contributed by atoms with van der Waals surface area (Å²) in [5.41, 5.74) is 6.01. The first-order valence-corrected chi connectivity index (χ1v) is 6.78. The molecule has 3 rings (SSSR count). The Kier molecular flexibility index (Phi) is 3.33. The number of nitrogens with two attached hydrogens (primary N) is 1. The Morgan fingerprint density at radius 3 is 2.65 bits per heavy atom. The molecule has 2 aromatic rings. The quantitative estimate of drug-likeness (QED) is 0.815. The fourth-order valence-electron chi connectivity index (χ4n) is 2.53. The largest absolute Gasteiger partial charge is 0.508 e. The fourth-order valence-corrected chi connectivity index (χ4v) is 2.53. The number of rotatable bonds is 2. The van der Waals surface area contributed by atoms with Crippen molar-refractivity contribution in [2.24, 2.45) is 15.7 Å². The fraction of sp³-hybridized carbons (Fsp3) is 0.125. The van der Waals surface area contributed by atoms with Crippen LogP contribution < -0.4 is 11.2 Å². The zero-order valence-corrected chi connectivity index (χ0v) is 12.5. The number of nitrogens with zero attached hydrogens (tertiary/aromatic N) is 2. The van der Waals surface area contributed by atoms with Gasteiger partial charge < -0.3 is 15.3 Å². The number of fused-ring (bicyclic) bond motifs is 1. The number of aryl methyl sites for hydroxylation is 1. The lowest BCUT2D eigenvalue weighted by atomic mass is 9.96. The summed E-state index contributed by atoms with van der Waals surface area (Å²) in [6.07, 6.45) is 1.34. The standard InChI is InChI=1S/C16H13N3O4/c1-7-3-12(22)15-10(4-9(21)5-13(15)23-7)14(8(2)20)11-6-18-16(17)19-11/h3-6,21H,1-2H3,(H2,17,19). The lowest BCUT2D eigenvalue weighted by Gasteiger charge is -2.10. The van der Waals surface area contributed by atoms with Crippen molar-refractivity contribution in [3.63, 3.8) is 0 Å². The molecule has 23 heavy (non-hydrogen) atoms. The second-order valence-electron chi connectivity index (χ2n) is 5.13. The molecule has 0 saturated carbocycles. The van der Waals surface area contributed by atoms with Crippen molar-refractivity contribution in [2.75, 3.05) is 0 Å². The Bertz CT molecular complexity index is 991. The zero-order valence-electron chi connectivity index (χ0n) is 12.5. The molecule has 0 aliphatic carbocycles. The molecule has 0 unspecified atom stereocenters. The number of hydrogen-bond acceptors (Lipinski definition) is 7. The first-order chi connectivity index (χ1) is 10.9. The molecule has 7 nitrogen and oxygen atoms in total. The lowest BCUT2D eigenvalue weighted by molar-refractivity contribution is -0.111. The minimum atomic E-state index is -0.336. The summed E-state index contributed by atoms with van der Waals surface area (Å²) < 4.78 is 5.49. The Labute approximate surface area is 130 Å². The van der Waals surface area contributed by atoms with Crippen LogP contribution in [0.3, 0.4) is 0 Å². The van der Waals surface area contributed by atoms with E-state index in [2.05, 4.69) is 9.98 Å².